The second kappa shape index (κ2) is 14.9. The van der Waals surface area contributed by atoms with Gasteiger partial charge in [0, 0.05) is 22.7 Å². The fraction of sp³-hybridized carbons (Fsp3) is 0.200. The number of carboxylic acid groups (broad SMARTS) is 1. The lowest BCUT2D eigenvalue weighted by Crippen LogP contribution is -2.44. The van der Waals surface area contributed by atoms with Crippen LogP contribution in [0.1, 0.15) is 59.5 Å². The Balaban J connectivity index is 0.000000214. The molecule has 0 atom stereocenters. The zero-order valence-electron chi connectivity index (χ0n) is 30.8. The molecular formula is C40H33F2N7O5S2. The molecule has 0 aromatic heterocycles. The third-order valence-corrected chi connectivity index (χ3v) is 10.1. The summed E-state index contributed by atoms with van der Waals surface area (Å²) in [6, 6.07) is 17.5. The van der Waals surface area contributed by atoms with Crippen LogP contribution >= 0.6 is 24.4 Å². The van der Waals surface area contributed by atoms with Crippen LogP contribution in [0.3, 0.4) is 0 Å². The van der Waals surface area contributed by atoms with Gasteiger partial charge in [-0.25, -0.2) is 23.3 Å². The van der Waals surface area contributed by atoms with Gasteiger partial charge >= 0.3 is 5.97 Å². The molecular weight excluding hydrogens is 761 g/mol. The van der Waals surface area contributed by atoms with E-state index in [1.54, 1.807) is 77.9 Å². The van der Waals surface area contributed by atoms with Crippen LogP contribution in [0, 0.1) is 38.6 Å². The van der Waals surface area contributed by atoms with Crippen molar-refractivity contribution in [3.8, 4) is 0 Å². The average Bonchev–Trinajstić information content (AvgIpc) is 3.41. The highest BCUT2D eigenvalue weighted by Crippen LogP contribution is 2.40. The van der Waals surface area contributed by atoms with Gasteiger partial charge in [0.2, 0.25) is 0 Å². The molecule has 0 bridgehead atoms. The normalized spacial score (nSPS) is 15.7. The number of carbonyl (C=O) groups is 4. The number of nitrogens with two attached hydrogens (primary N) is 1. The average molecular weight is 794 g/mol. The Kier molecular flexibility index (Phi) is 10.8. The Labute approximate surface area is 332 Å². The lowest BCUT2D eigenvalue weighted by Gasteiger charge is -2.29. The summed E-state index contributed by atoms with van der Waals surface area (Å²) in [5.74, 6) is -4.54. The number of carbonyl (C=O) groups excluding carboxylic acids is 3. The number of benzene rings is 4. The maximum atomic E-state index is 14.3. The predicted octanol–water partition coefficient (Wildman–Crippen LogP) is 8.00. The molecule has 0 spiro atoms. The lowest BCUT2D eigenvalue weighted by atomic mass is 10.0. The molecule has 16 heteroatoms. The number of anilines is 4. The largest absolute Gasteiger partial charge is 0.478 e. The maximum absolute atomic E-state index is 14.3. The molecule has 4 aromatic rings. The van der Waals surface area contributed by atoms with Crippen LogP contribution in [0.25, 0.3) is 9.69 Å². The van der Waals surface area contributed by atoms with Crippen LogP contribution in [-0.4, -0.2) is 50.1 Å². The molecule has 2 fully saturated rings. The third-order valence-electron chi connectivity index (χ3n) is 9.37. The minimum atomic E-state index is -1.37. The van der Waals surface area contributed by atoms with Gasteiger partial charge in [-0.3, -0.25) is 24.2 Å². The minimum Gasteiger partial charge on any atom is -0.478 e. The van der Waals surface area contributed by atoms with Crippen molar-refractivity contribution in [3.05, 3.63) is 130 Å². The van der Waals surface area contributed by atoms with E-state index < -0.39 is 40.2 Å². The highest BCUT2D eigenvalue weighted by Gasteiger charge is 2.51. The molecule has 2 aliphatic heterocycles. The van der Waals surface area contributed by atoms with Gasteiger partial charge in [0.1, 0.15) is 22.7 Å². The van der Waals surface area contributed by atoms with E-state index >= 15 is 0 Å². The second-order valence-electron chi connectivity index (χ2n) is 13.8. The summed E-state index contributed by atoms with van der Waals surface area (Å²) in [4.78, 5) is 61.1. The summed E-state index contributed by atoms with van der Waals surface area (Å²) in [6.45, 7) is 24.5. The smallest absolute Gasteiger partial charge is 0.338 e. The maximum Gasteiger partial charge on any atom is 0.338 e. The topological polar surface area (TPSA) is 136 Å². The Morgan fingerprint density at radius 2 is 1.02 bits per heavy atom. The Morgan fingerprint density at radius 1 is 0.661 bits per heavy atom. The Morgan fingerprint density at radius 3 is 1.32 bits per heavy atom. The summed E-state index contributed by atoms with van der Waals surface area (Å²) in [7, 11) is 0. The molecule has 3 N–H and O–H groups in total. The summed E-state index contributed by atoms with van der Waals surface area (Å²) in [5.41, 5.74) is 6.32. The zero-order valence-corrected chi connectivity index (χ0v) is 32.5. The molecule has 2 saturated heterocycles. The standard InChI is InChI=1S/C20H17FN4O2S.C20H16FN3O3S/c1-11-9-12(6-8-16(11)23-4)24-18(27)20(2,3)25(19(24)28)13-5-7-14(17(22)26)15(21)10-13;1-11-9-12(6-8-16(11)22-4)23-18(27)20(2,3)24(19(23)28)13-5-7-14(17(25)26)15(21)10-13/h5-10H,1-3H3,(H2,22,26);5-10H,1-3H3,(H,25,26). The number of hydrogen-bond donors (Lipinski definition) is 2. The number of aryl methyl sites for hydroxylation is 2. The van der Waals surface area contributed by atoms with Crippen LogP contribution in [0.4, 0.5) is 42.9 Å². The first-order valence-electron chi connectivity index (χ1n) is 16.6. The van der Waals surface area contributed by atoms with Crippen LogP contribution < -0.4 is 25.3 Å². The Hall–Kier alpha value is -6.62. The molecule has 0 radical (unpaired) electrons. The van der Waals surface area contributed by atoms with Gasteiger partial charge in [-0.1, -0.05) is 12.1 Å². The monoisotopic (exact) mass is 793 g/mol. The molecule has 12 nitrogen and oxygen atoms in total. The van der Waals surface area contributed by atoms with E-state index in [0.717, 1.165) is 23.8 Å². The SMILES string of the molecule is [C-]#[N+]c1ccc(N2C(=O)C(C)(C)N(c3ccc(C(=O)O)c(F)c3)C2=S)cc1C.[C-]#[N+]c1ccc(N2C(=O)C(C)(C)N(c3ccc(C(N)=O)c(F)c3)C2=S)cc1C. The number of thiocarbonyl (C=S) groups is 2. The van der Waals surface area contributed by atoms with Crippen molar-refractivity contribution in [2.75, 3.05) is 19.6 Å². The molecule has 0 unspecified atom stereocenters. The predicted molar refractivity (Wildman–Crippen MR) is 216 cm³/mol. The fourth-order valence-electron chi connectivity index (χ4n) is 6.38. The van der Waals surface area contributed by atoms with Crippen molar-refractivity contribution in [3.63, 3.8) is 0 Å². The lowest BCUT2D eigenvalue weighted by molar-refractivity contribution is -0.121. The van der Waals surface area contributed by atoms with E-state index in [1.165, 1.54) is 37.8 Å². The molecule has 6 rings (SSSR count). The quantitative estimate of drug-likeness (QED) is 0.147. The number of carboxylic acids is 1. The number of aromatic carboxylic acids is 1. The molecule has 56 heavy (non-hydrogen) atoms. The van der Waals surface area contributed by atoms with Crippen molar-refractivity contribution in [2.24, 2.45) is 5.73 Å². The van der Waals surface area contributed by atoms with Crippen LogP contribution in [0.2, 0.25) is 0 Å². The van der Waals surface area contributed by atoms with E-state index in [2.05, 4.69) is 9.69 Å². The first-order chi connectivity index (χ1) is 26.2. The summed E-state index contributed by atoms with van der Waals surface area (Å²) >= 11 is 11.1. The summed E-state index contributed by atoms with van der Waals surface area (Å²) in [5, 5.41) is 9.34. The Bertz CT molecular complexity index is 2320. The fourth-order valence-corrected chi connectivity index (χ4v) is 7.42. The van der Waals surface area contributed by atoms with Crippen molar-refractivity contribution in [1.29, 1.82) is 0 Å². The van der Waals surface area contributed by atoms with E-state index in [4.69, 9.17) is 48.4 Å². The second-order valence-corrected chi connectivity index (χ2v) is 14.5. The van der Waals surface area contributed by atoms with Gasteiger partial charge in [-0.05, 0) is 138 Å². The minimum absolute atomic E-state index is 0.146. The van der Waals surface area contributed by atoms with Crippen LogP contribution in [-0.2, 0) is 9.59 Å². The van der Waals surface area contributed by atoms with Gasteiger partial charge in [-0.2, -0.15) is 0 Å². The first-order valence-corrected chi connectivity index (χ1v) is 17.5. The summed E-state index contributed by atoms with van der Waals surface area (Å²) < 4.78 is 28.5. The van der Waals surface area contributed by atoms with Gasteiger partial charge in [0.15, 0.2) is 21.6 Å². The molecule has 3 amide bonds. The van der Waals surface area contributed by atoms with Crippen molar-refractivity contribution in [2.45, 2.75) is 52.6 Å². The number of hydrogen-bond acceptors (Lipinski definition) is 6. The van der Waals surface area contributed by atoms with Crippen molar-refractivity contribution >= 4 is 92.5 Å². The van der Waals surface area contributed by atoms with Gasteiger partial charge in [-0.15, -0.1) is 0 Å². The molecule has 2 aliphatic rings. The molecule has 0 saturated carbocycles. The number of amides is 3. The van der Waals surface area contributed by atoms with Gasteiger partial charge < -0.3 is 20.6 Å². The zero-order chi connectivity index (χ0) is 41.6. The number of nitrogens with zero attached hydrogens (tertiary/aromatic N) is 6. The van der Waals surface area contributed by atoms with E-state index in [-0.39, 0.29) is 33.3 Å². The van der Waals surface area contributed by atoms with Crippen molar-refractivity contribution in [1.82, 2.24) is 0 Å². The van der Waals surface area contributed by atoms with E-state index in [9.17, 15) is 28.0 Å². The molecule has 284 valence electrons. The van der Waals surface area contributed by atoms with Crippen molar-refractivity contribution < 1.29 is 33.1 Å². The van der Waals surface area contributed by atoms with E-state index in [0.29, 0.717) is 34.0 Å². The third kappa shape index (κ3) is 6.92. The molecule has 2 heterocycles. The van der Waals surface area contributed by atoms with Crippen LogP contribution in [0.15, 0.2) is 72.8 Å². The van der Waals surface area contributed by atoms with Gasteiger partial charge in [0.05, 0.1) is 24.3 Å². The molecule has 0 aliphatic carbocycles. The number of halogens is 2. The first kappa shape index (κ1) is 40.6. The van der Waals surface area contributed by atoms with Crippen LogP contribution in [0.5, 0.6) is 0 Å². The number of rotatable bonds is 6. The highest BCUT2D eigenvalue weighted by molar-refractivity contribution is 7.81. The highest BCUT2D eigenvalue weighted by atomic mass is 32.1. The number of primary amides is 1. The summed E-state index contributed by atoms with van der Waals surface area (Å²) in [6.07, 6.45) is 0. The van der Waals surface area contributed by atoms with Gasteiger partial charge in [0.25, 0.3) is 17.7 Å². The molecule has 4 aromatic carbocycles. The van der Waals surface area contributed by atoms with E-state index in [1.807, 2.05) is 0 Å².